The molecule has 1 aliphatic rings. The molecule has 1 atom stereocenters. The molecule has 19 heavy (non-hydrogen) atoms. The summed E-state index contributed by atoms with van der Waals surface area (Å²) in [5.74, 6) is -0.404. The van der Waals surface area contributed by atoms with Crippen molar-refractivity contribution in [3.05, 3.63) is 0 Å². The first-order valence-corrected chi connectivity index (χ1v) is 7.24. The lowest BCUT2D eigenvalue weighted by Gasteiger charge is -2.35. The van der Waals surface area contributed by atoms with Crippen LogP contribution in [0.25, 0.3) is 0 Å². The Morgan fingerprint density at radius 2 is 1.95 bits per heavy atom. The Kier molecular flexibility index (Phi) is 6.23. The van der Waals surface area contributed by atoms with E-state index in [1.807, 2.05) is 21.1 Å². The lowest BCUT2D eigenvalue weighted by atomic mass is 9.92. The van der Waals surface area contributed by atoms with E-state index in [0.717, 1.165) is 38.9 Å². The summed E-state index contributed by atoms with van der Waals surface area (Å²) in [6, 6.07) is 0. The largest absolute Gasteiger partial charge is 0.480 e. The molecule has 1 rings (SSSR count). The molecular weight excluding hydrogens is 242 g/mol. The molecule has 0 amide bonds. The van der Waals surface area contributed by atoms with Gasteiger partial charge in [-0.15, -0.1) is 0 Å². The lowest BCUT2D eigenvalue weighted by Crippen LogP contribution is -2.60. The second-order valence-electron chi connectivity index (χ2n) is 6.02. The number of nitrogens with one attached hydrogen (secondary N) is 1. The molecule has 5 heteroatoms. The average molecular weight is 271 g/mol. The van der Waals surface area contributed by atoms with Crippen molar-refractivity contribution in [2.45, 2.75) is 31.7 Å². The fourth-order valence-electron chi connectivity index (χ4n) is 2.45. The van der Waals surface area contributed by atoms with E-state index in [2.05, 4.69) is 22.0 Å². The molecule has 0 aliphatic heterocycles. The van der Waals surface area contributed by atoms with Crippen molar-refractivity contribution in [1.29, 1.82) is 0 Å². The summed E-state index contributed by atoms with van der Waals surface area (Å²) in [5.41, 5.74) is -0.753. The Labute approximate surface area is 117 Å². The standard InChI is InChI=1S/C14H29N3O2/c1-5-8-15-14(13(18)19,12-6-7-12)11-17(4)10-9-16(2)3/h12,15H,5-11H2,1-4H3,(H,18,19). The minimum atomic E-state index is -0.753. The predicted octanol–water partition coefficient (Wildman–Crippen LogP) is 0.713. The van der Waals surface area contributed by atoms with Crippen LogP contribution in [0.2, 0.25) is 0 Å². The molecular formula is C14H29N3O2. The highest BCUT2D eigenvalue weighted by Gasteiger charge is 2.51. The van der Waals surface area contributed by atoms with Crippen LogP contribution in [0.4, 0.5) is 0 Å². The zero-order chi connectivity index (χ0) is 14.5. The van der Waals surface area contributed by atoms with Crippen LogP contribution < -0.4 is 5.32 Å². The van der Waals surface area contributed by atoms with Crippen LogP contribution in [0.3, 0.4) is 0 Å². The van der Waals surface area contributed by atoms with Crippen molar-refractivity contribution >= 4 is 5.97 Å². The predicted molar refractivity (Wildman–Crippen MR) is 77.4 cm³/mol. The third-order valence-corrected chi connectivity index (χ3v) is 3.79. The number of carbonyl (C=O) groups is 1. The number of aliphatic carboxylic acids is 1. The van der Waals surface area contributed by atoms with Crippen molar-refractivity contribution in [3.8, 4) is 0 Å². The van der Waals surface area contributed by atoms with Gasteiger partial charge in [-0.05, 0) is 52.9 Å². The number of hydrogen-bond donors (Lipinski definition) is 2. The molecule has 112 valence electrons. The second kappa shape index (κ2) is 7.22. The van der Waals surface area contributed by atoms with E-state index in [1.165, 1.54) is 0 Å². The Morgan fingerprint density at radius 1 is 1.32 bits per heavy atom. The second-order valence-corrected chi connectivity index (χ2v) is 6.02. The third-order valence-electron chi connectivity index (χ3n) is 3.79. The first-order valence-electron chi connectivity index (χ1n) is 7.24. The van der Waals surface area contributed by atoms with Crippen LogP contribution in [0.15, 0.2) is 0 Å². The minimum absolute atomic E-state index is 0.290. The van der Waals surface area contributed by atoms with Gasteiger partial charge in [0.2, 0.25) is 0 Å². The van der Waals surface area contributed by atoms with Gasteiger partial charge in [0.05, 0.1) is 0 Å². The van der Waals surface area contributed by atoms with Gasteiger partial charge >= 0.3 is 5.97 Å². The maximum absolute atomic E-state index is 11.8. The van der Waals surface area contributed by atoms with Crippen LogP contribution in [0, 0.1) is 5.92 Å². The van der Waals surface area contributed by atoms with E-state index in [-0.39, 0.29) is 0 Å². The fraction of sp³-hybridized carbons (Fsp3) is 0.929. The summed E-state index contributed by atoms with van der Waals surface area (Å²) < 4.78 is 0. The monoisotopic (exact) mass is 271 g/mol. The summed E-state index contributed by atoms with van der Waals surface area (Å²) in [7, 11) is 6.08. The SMILES string of the molecule is CCCNC(CN(C)CCN(C)C)(C(=O)O)C1CC1. The van der Waals surface area contributed by atoms with Crippen molar-refractivity contribution in [2.24, 2.45) is 5.92 Å². The Hall–Kier alpha value is -0.650. The highest BCUT2D eigenvalue weighted by atomic mass is 16.4. The van der Waals surface area contributed by atoms with Crippen LogP contribution >= 0.6 is 0 Å². The van der Waals surface area contributed by atoms with Gasteiger partial charge in [0, 0.05) is 19.6 Å². The molecule has 2 N–H and O–H groups in total. The molecule has 0 aromatic heterocycles. The summed E-state index contributed by atoms with van der Waals surface area (Å²) in [6.07, 6.45) is 3.03. The fourth-order valence-corrected chi connectivity index (χ4v) is 2.45. The minimum Gasteiger partial charge on any atom is -0.480 e. The number of hydrogen-bond acceptors (Lipinski definition) is 4. The average Bonchev–Trinajstić information content (AvgIpc) is 3.16. The van der Waals surface area contributed by atoms with Gasteiger partial charge in [0.1, 0.15) is 5.54 Å². The smallest absolute Gasteiger partial charge is 0.325 e. The van der Waals surface area contributed by atoms with Crippen molar-refractivity contribution in [3.63, 3.8) is 0 Å². The normalized spacial score (nSPS) is 18.8. The summed E-state index contributed by atoms with van der Waals surface area (Å²) >= 11 is 0. The van der Waals surface area contributed by atoms with Gasteiger partial charge in [-0.1, -0.05) is 6.92 Å². The van der Waals surface area contributed by atoms with Gasteiger partial charge in [-0.3, -0.25) is 4.79 Å². The Bertz CT molecular complexity index is 292. The van der Waals surface area contributed by atoms with Gasteiger partial charge in [-0.25, -0.2) is 0 Å². The van der Waals surface area contributed by atoms with Crippen LogP contribution in [-0.2, 0) is 4.79 Å². The zero-order valence-corrected chi connectivity index (χ0v) is 12.8. The molecule has 0 saturated heterocycles. The molecule has 0 radical (unpaired) electrons. The quantitative estimate of drug-likeness (QED) is 0.613. The number of rotatable bonds is 10. The van der Waals surface area contributed by atoms with E-state index >= 15 is 0 Å². The molecule has 1 unspecified atom stereocenters. The molecule has 0 bridgehead atoms. The molecule has 1 fully saturated rings. The first-order chi connectivity index (χ1) is 8.92. The van der Waals surface area contributed by atoms with E-state index in [1.54, 1.807) is 0 Å². The third kappa shape index (κ3) is 4.75. The van der Waals surface area contributed by atoms with Gasteiger partial charge < -0.3 is 20.2 Å². The van der Waals surface area contributed by atoms with Crippen LogP contribution in [0.1, 0.15) is 26.2 Å². The zero-order valence-electron chi connectivity index (χ0n) is 12.8. The number of nitrogens with zero attached hydrogens (tertiary/aromatic N) is 2. The highest BCUT2D eigenvalue weighted by Crippen LogP contribution is 2.40. The van der Waals surface area contributed by atoms with E-state index in [9.17, 15) is 9.90 Å². The van der Waals surface area contributed by atoms with Crippen molar-refractivity contribution in [2.75, 3.05) is 47.3 Å². The summed E-state index contributed by atoms with van der Waals surface area (Å²) in [4.78, 5) is 16.0. The number of likely N-dealkylation sites (N-methyl/N-ethyl adjacent to an activating group) is 2. The number of carboxylic acids is 1. The molecule has 0 aromatic carbocycles. The van der Waals surface area contributed by atoms with Crippen LogP contribution in [-0.4, -0.2) is 73.7 Å². The number of carboxylic acid groups (broad SMARTS) is 1. The maximum atomic E-state index is 11.8. The first kappa shape index (κ1) is 16.4. The molecule has 1 aliphatic carbocycles. The lowest BCUT2D eigenvalue weighted by molar-refractivity contribution is -0.147. The molecule has 1 saturated carbocycles. The summed E-state index contributed by atoms with van der Waals surface area (Å²) in [6.45, 7) is 5.26. The van der Waals surface area contributed by atoms with E-state index in [0.29, 0.717) is 12.5 Å². The van der Waals surface area contributed by atoms with Crippen LogP contribution in [0.5, 0.6) is 0 Å². The summed E-state index contributed by atoms with van der Waals surface area (Å²) in [5, 5.41) is 13.0. The molecule has 5 nitrogen and oxygen atoms in total. The van der Waals surface area contributed by atoms with Gasteiger partial charge in [0.15, 0.2) is 0 Å². The van der Waals surface area contributed by atoms with Gasteiger partial charge in [0.25, 0.3) is 0 Å². The topological polar surface area (TPSA) is 55.8 Å². The maximum Gasteiger partial charge on any atom is 0.325 e. The van der Waals surface area contributed by atoms with Crippen molar-refractivity contribution < 1.29 is 9.90 Å². The van der Waals surface area contributed by atoms with E-state index < -0.39 is 11.5 Å². The molecule has 0 heterocycles. The highest BCUT2D eigenvalue weighted by molar-refractivity contribution is 5.80. The Balaban J connectivity index is 2.64. The van der Waals surface area contributed by atoms with E-state index in [4.69, 9.17) is 0 Å². The molecule has 0 spiro atoms. The Morgan fingerprint density at radius 3 is 2.37 bits per heavy atom. The molecule has 0 aromatic rings. The van der Waals surface area contributed by atoms with Crippen molar-refractivity contribution in [1.82, 2.24) is 15.1 Å². The van der Waals surface area contributed by atoms with Gasteiger partial charge in [-0.2, -0.15) is 0 Å².